The molecule has 0 spiro atoms. The largest absolute Gasteiger partial charge is 0.298 e. The van der Waals surface area contributed by atoms with Crippen LogP contribution in [0.25, 0.3) is 10.6 Å². The number of hydrogen-bond donors (Lipinski definition) is 0. The van der Waals surface area contributed by atoms with E-state index in [1.54, 1.807) is 11.3 Å². The summed E-state index contributed by atoms with van der Waals surface area (Å²) in [6, 6.07) is 6.67. The highest BCUT2D eigenvalue weighted by atomic mass is 79.9. The molecule has 2 nitrogen and oxygen atoms in total. The van der Waals surface area contributed by atoms with Crippen molar-refractivity contribution in [3.63, 3.8) is 0 Å². The molecule has 110 valence electrons. The summed E-state index contributed by atoms with van der Waals surface area (Å²) in [7, 11) is 0. The van der Waals surface area contributed by atoms with Crippen molar-refractivity contribution in [1.29, 1.82) is 0 Å². The van der Waals surface area contributed by atoms with Crippen molar-refractivity contribution in [3.05, 3.63) is 53.1 Å². The van der Waals surface area contributed by atoms with E-state index in [1.807, 2.05) is 0 Å². The van der Waals surface area contributed by atoms with Gasteiger partial charge in [0.25, 0.3) is 0 Å². The van der Waals surface area contributed by atoms with Crippen LogP contribution in [0, 0.1) is 6.92 Å². The van der Waals surface area contributed by atoms with E-state index >= 15 is 0 Å². The van der Waals surface area contributed by atoms with Crippen LogP contribution in [0.5, 0.6) is 0 Å². The van der Waals surface area contributed by atoms with E-state index in [4.69, 9.17) is 4.98 Å². The molecule has 21 heavy (non-hydrogen) atoms. The first-order valence-electron chi connectivity index (χ1n) is 7.17. The summed E-state index contributed by atoms with van der Waals surface area (Å²) < 4.78 is 0. The third-order valence-electron chi connectivity index (χ3n) is 4.50. The van der Waals surface area contributed by atoms with Gasteiger partial charge in [0.05, 0.1) is 10.6 Å². The first kappa shape index (κ1) is 14.9. The van der Waals surface area contributed by atoms with E-state index in [0.29, 0.717) is 0 Å². The van der Waals surface area contributed by atoms with Crippen molar-refractivity contribution in [1.82, 2.24) is 9.88 Å². The predicted octanol–water partition coefficient (Wildman–Crippen LogP) is 4.21. The maximum absolute atomic E-state index is 4.71. The maximum Gasteiger partial charge on any atom is 0.0801 e. The van der Waals surface area contributed by atoms with Gasteiger partial charge in [0, 0.05) is 24.7 Å². The molecule has 4 heterocycles. The fourth-order valence-corrected chi connectivity index (χ4v) is 4.24. The first-order chi connectivity index (χ1) is 9.75. The lowest BCUT2D eigenvalue weighted by atomic mass is 9.79. The number of aromatic nitrogens is 1. The number of pyridine rings is 1. The van der Waals surface area contributed by atoms with E-state index in [0.717, 1.165) is 18.8 Å². The number of nitrogens with zero attached hydrogens (tertiary/aromatic N) is 2. The highest BCUT2D eigenvalue weighted by Crippen LogP contribution is 2.38. The molecule has 4 heteroatoms. The number of rotatable bonds is 2. The smallest absolute Gasteiger partial charge is 0.0801 e. The molecular weight excluding hydrogens is 344 g/mol. The molecule has 4 rings (SSSR count). The van der Waals surface area contributed by atoms with Crippen molar-refractivity contribution < 1.29 is 0 Å². The summed E-state index contributed by atoms with van der Waals surface area (Å²) in [5.41, 5.74) is 4.00. The van der Waals surface area contributed by atoms with Crippen molar-refractivity contribution in [2.75, 3.05) is 19.6 Å². The fraction of sp³-hybridized carbons (Fsp3) is 0.353. The van der Waals surface area contributed by atoms with Crippen LogP contribution in [-0.2, 0) is 5.41 Å². The van der Waals surface area contributed by atoms with Gasteiger partial charge in [-0.3, -0.25) is 9.88 Å². The van der Waals surface area contributed by atoms with Crippen LogP contribution in [0.3, 0.4) is 0 Å². The Kier molecular flexibility index (Phi) is 4.04. The third kappa shape index (κ3) is 2.60. The van der Waals surface area contributed by atoms with E-state index < -0.39 is 0 Å². The highest BCUT2D eigenvalue weighted by molar-refractivity contribution is 8.93. The van der Waals surface area contributed by atoms with Crippen molar-refractivity contribution in [2.45, 2.75) is 18.8 Å². The molecule has 0 saturated carbocycles. The molecule has 0 aliphatic carbocycles. The molecule has 2 aliphatic heterocycles. The van der Waals surface area contributed by atoms with E-state index in [1.165, 1.54) is 29.0 Å². The monoisotopic (exact) mass is 362 g/mol. The molecule has 1 fully saturated rings. The quantitative estimate of drug-likeness (QED) is 0.743. The second-order valence-corrected chi connectivity index (χ2v) is 6.88. The zero-order valence-corrected chi connectivity index (χ0v) is 14.6. The minimum Gasteiger partial charge on any atom is -0.298 e. The minimum atomic E-state index is 0. The normalized spacial score (nSPS) is 26.6. The molecule has 2 atom stereocenters. The molecule has 0 N–H and O–H groups in total. The van der Waals surface area contributed by atoms with E-state index in [9.17, 15) is 0 Å². The molecular formula is C17H19BrN2S. The number of hydrogen-bond acceptors (Lipinski definition) is 3. The third-order valence-corrected chi connectivity index (χ3v) is 5.57. The summed E-state index contributed by atoms with van der Waals surface area (Å²) in [5, 5.41) is 2.18. The number of halogens is 1. The molecule has 0 amide bonds. The van der Waals surface area contributed by atoms with Crippen LogP contribution in [-0.4, -0.2) is 29.5 Å². The van der Waals surface area contributed by atoms with Crippen molar-refractivity contribution in [2.24, 2.45) is 0 Å². The Balaban J connectivity index is 0.00000132. The summed E-state index contributed by atoms with van der Waals surface area (Å²) in [6.45, 7) is 5.61. The highest BCUT2D eigenvalue weighted by Gasteiger charge is 2.39. The molecule has 2 bridgehead atoms. The first-order valence-corrected chi connectivity index (χ1v) is 8.05. The van der Waals surface area contributed by atoms with Gasteiger partial charge in [0.15, 0.2) is 0 Å². The molecule has 0 aromatic carbocycles. The zero-order chi connectivity index (χ0) is 13.6. The zero-order valence-electron chi connectivity index (χ0n) is 12.1. The Morgan fingerprint density at radius 2 is 2.24 bits per heavy atom. The van der Waals surface area contributed by atoms with Crippen LogP contribution in [0.1, 0.15) is 17.5 Å². The fourth-order valence-electron chi connectivity index (χ4n) is 3.37. The molecule has 2 aromatic rings. The van der Waals surface area contributed by atoms with Crippen molar-refractivity contribution >= 4 is 28.3 Å². The predicted molar refractivity (Wildman–Crippen MR) is 94.5 cm³/mol. The molecule has 2 aliphatic rings. The molecule has 2 aromatic heterocycles. The van der Waals surface area contributed by atoms with Crippen LogP contribution in [0.4, 0.5) is 0 Å². The number of thiophene rings is 1. The average Bonchev–Trinajstić information content (AvgIpc) is 3.04. The molecule has 0 radical (unpaired) electrons. The molecule has 2 unspecified atom stereocenters. The van der Waals surface area contributed by atoms with Crippen LogP contribution in [0.15, 0.2) is 41.9 Å². The van der Waals surface area contributed by atoms with Gasteiger partial charge in [-0.15, -0.1) is 28.3 Å². The minimum absolute atomic E-state index is 0. The van der Waals surface area contributed by atoms with Gasteiger partial charge in [-0.2, -0.15) is 0 Å². The van der Waals surface area contributed by atoms with Gasteiger partial charge >= 0.3 is 0 Å². The van der Waals surface area contributed by atoms with E-state index in [-0.39, 0.29) is 22.4 Å². The van der Waals surface area contributed by atoms with Gasteiger partial charge in [0.2, 0.25) is 0 Å². The lowest BCUT2D eigenvalue weighted by Crippen LogP contribution is -2.33. The van der Waals surface area contributed by atoms with Crippen molar-refractivity contribution in [3.8, 4) is 10.6 Å². The summed E-state index contributed by atoms with van der Waals surface area (Å²) in [6.07, 6.45) is 8.03. The second-order valence-electron chi connectivity index (χ2n) is 5.96. The molecule has 1 saturated heterocycles. The number of fused-ring (bicyclic) bond motifs is 2. The van der Waals surface area contributed by atoms with Crippen LogP contribution in [0.2, 0.25) is 0 Å². The van der Waals surface area contributed by atoms with Crippen LogP contribution < -0.4 is 0 Å². The summed E-state index contributed by atoms with van der Waals surface area (Å²) >= 11 is 1.77. The Hall–Kier alpha value is -0.970. The Morgan fingerprint density at radius 1 is 1.33 bits per heavy atom. The Bertz CT molecular complexity index is 662. The van der Waals surface area contributed by atoms with E-state index in [2.05, 4.69) is 53.8 Å². The van der Waals surface area contributed by atoms with Crippen LogP contribution >= 0.6 is 28.3 Å². The topological polar surface area (TPSA) is 16.1 Å². The Morgan fingerprint density at radius 3 is 2.95 bits per heavy atom. The second kappa shape index (κ2) is 5.67. The lowest BCUT2D eigenvalue weighted by Gasteiger charge is -2.29. The average molecular weight is 363 g/mol. The van der Waals surface area contributed by atoms with Gasteiger partial charge < -0.3 is 0 Å². The van der Waals surface area contributed by atoms with Gasteiger partial charge in [-0.25, -0.2) is 0 Å². The Labute approximate surface area is 140 Å². The maximum atomic E-state index is 4.71. The number of aryl methyl sites for hydroxylation is 1. The van der Waals surface area contributed by atoms with Gasteiger partial charge in [-0.05, 0) is 48.5 Å². The summed E-state index contributed by atoms with van der Waals surface area (Å²) in [5.74, 6) is 0. The van der Waals surface area contributed by atoms with Gasteiger partial charge in [0.1, 0.15) is 0 Å². The lowest BCUT2D eigenvalue weighted by molar-refractivity contribution is 0.345. The standard InChI is InChI=1S/C17H18N2S.BrH/c1-13-9-16(20-11-13)15-4-3-14(10-18-15)17-5-2-7-19(12-17)8-6-17;/h2-5,9-11H,6-8,12H2,1H3;1H. The SMILES string of the molecule is Br.Cc1csc(-c2ccc(C34C=CCN(CC3)C4)cn2)c1. The summed E-state index contributed by atoms with van der Waals surface area (Å²) in [4.78, 5) is 8.49. The van der Waals surface area contributed by atoms with Gasteiger partial charge in [-0.1, -0.05) is 18.2 Å².